The normalized spacial score (nSPS) is 19.9. The van der Waals surface area contributed by atoms with E-state index in [1.54, 1.807) is 13.8 Å². The van der Waals surface area contributed by atoms with Crippen LogP contribution in [0.15, 0.2) is 0 Å². The van der Waals surface area contributed by atoms with Gasteiger partial charge in [-0.25, -0.2) is 8.78 Å². The number of hydrogen-bond donors (Lipinski definition) is 1. The number of alkyl halides is 2. The van der Waals surface area contributed by atoms with Crippen molar-refractivity contribution in [3.63, 3.8) is 0 Å². The quantitative estimate of drug-likeness (QED) is 0.731. The number of hydrogen-bond acceptors (Lipinski definition) is 3. The number of amides is 2. The predicted molar refractivity (Wildman–Crippen MR) is 60.2 cm³/mol. The van der Waals surface area contributed by atoms with Crippen molar-refractivity contribution < 1.29 is 23.1 Å². The van der Waals surface area contributed by atoms with E-state index in [-0.39, 0.29) is 37.9 Å². The van der Waals surface area contributed by atoms with Gasteiger partial charge in [-0.1, -0.05) is 0 Å². The minimum absolute atomic E-state index is 0.0420. The first-order valence-electron chi connectivity index (χ1n) is 5.79. The minimum atomic E-state index is -2.51. The van der Waals surface area contributed by atoms with Crippen molar-refractivity contribution in [2.75, 3.05) is 26.3 Å². The molecule has 1 rings (SSSR count). The maximum atomic E-state index is 12.0. The van der Waals surface area contributed by atoms with Gasteiger partial charge in [0.15, 0.2) is 0 Å². The summed E-state index contributed by atoms with van der Waals surface area (Å²) >= 11 is 0. The molecule has 0 radical (unpaired) electrons. The number of carbonyl (C=O) groups is 2. The summed E-state index contributed by atoms with van der Waals surface area (Å²) in [6.07, 6.45) is -2.30. The Kier molecular flexibility index (Phi) is 5.01. The van der Waals surface area contributed by atoms with Gasteiger partial charge in [0.2, 0.25) is 11.8 Å². The Bertz CT molecular complexity index is 321. The Morgan fingerprint density at radius 2 is 2.11 bits per heavy atom. The smallest absolute Gasteiger partial charge is 0.261 e. The third-order valence-electron chi connectivity index (χ3n) is 2.63. The molecule has 1 fully saturated rings. The van der Waals surface area contributed by atoms with Crippen LogP contribution >= 0.6 is 0 Å². The van der Waals surface area contributed by atoms with E-state index in [1.807, 2.05) is 0 Å². The number of carbonyl (C=O) groups excluding carboxylic acids is 2. The van der Waals surface area contributed by atoms with Gasteiger partial charge in [0.05, 0.1) is 6.61 Å². The van der Waals surface area contributed by atoms with Crippen molar-refractivity contribution in [3.05, 3.63) is 0 Å². The molecule has 0 aliphatic carbocycles. The summed E-state index contributed by atoms with van der Waals surface area (Å²) in [6, 6.07) is 0. The first kappa shape index (κ1) is 14.8. The van der Waals surface area contributed by atoms with Gasteiger partial charge in [-0.05, 0) is 13.8 Å². The van der Waals surface area contributed by atoms with E-state index in [4.69, 9.17) is 4.74 Å². The van der Waals surface area contributed by atoms with Gasteiger partial charge in [-0.2, -0.15) is 0 Å². The molecule has 104 valence electrons. The van der Waals surface area contributed by atoms with Crippen LogP contribution in [0.5, 0.6) is 0 Å². The average Bonchev–Trinajstić information content (AvgIpc) is 2.34. The SMILES string of the molecule is CC1(C)NC(=O)CCN(CCOCC(F)F)C1=O. The summed E-state index contributed by atoms with van der Waals surface area (Å²) in [6.45, 7) is 3.14. The first-order valence-corrected chi connectivity index (χ1v) is 5.79. The summed E-state index contributed by atoms with van der Waals surface area (Å²) < 4.78 is 28.4. The summed E-state index contributed by atoms with van der Waals surface area (Å²) in [5.41, 5.74) is -0.962. The van der Waals surface area contributed by atoms with Crippen LogP contribution in [0, 0.1) is 0 Å². The third-order valence-corrected chi connectivity index (χ3v) is 2.63. The highest BCUT2D eigenvalue weighted by Crippen LogP contribution is 2.12. The Labute approximate surface area is 104 Å². The maximum Gasteiger partial charge on any atom is 0.261 e. The summed E-state index contributed by atoms with van der Waals surface area (Å²) in [7, 11) is 0. The lowest BCUT2D eigenvalue weighted by molar-refractivity contribution is -0.138. The molecule has 1 heterocycles. The largest absolute Gasteiger partial charge is 0.374 e. The molecule has 5 nitrogen and oxygen atoms in total. The second-order valence-electron chi connectivity index (χ2n) is 4.68. The molecule has 0 aromatic heterocycles. The van der Waals surface area contributed by atoms with Crippen LogP contribution in [0.1, 0.15) is 20.3 Å². The Morgan fingerprint density at radius 1 is 1.44 bits per heavy atom. The van der Waals surface area contributed by atoms with Crippen LogP contribution in [-0.2, 0) is 14.3 Å². The zero-order chi connectivity index (χ0) is 13.8. The maximum absolute atomic E-state index is 12.0. The number of ether oxygens (including phenoxy) is 1. The molecule has 0 unspecified atom stereocenters. The van der Waals surface area contributed by atoms with Crippen LogP contribution in [0.4, 0.5) is 8.78 Å². The highest BCUT2D eigenvalue weighted by Gasteiger charge is 2.36. The lowest BCUT2D eigenvalue weighted by Crippen LogP contribution is -2.53. The van der Waals surface area contributed by atoms with Crippen molar-refractivity contribution in [2.45, 2.75) is 32.2 Å². The second kappa shape index (κ2) is 6.08. The van der Waals surface area contributed by atoms with Crippen molar-refractivity contribution in [3.8, 4) is 0 Å². The highest BCUT2D eigenvalue weighted by molar-refractivity contribution is 5.92. The van der Waals surface area contributed by atoms with Gasteiger partial charge in [-0.3, -0.25) is 9.59 Å². The summed E-state index contributed by atoms with van der Waals surface area (Å²) in [5, 5.41) is 2.62. The minimum Gasteiger partial charge on any atom is -0.374 e. The Balaban J connectivity index is 2.48. The number of nitrogens with zero attached hydrogens (tertiary/aromatic N) is 1. The fraction of sp³-hybridized carbons (Fsp3) is 0.818. The van der Waals surface area contributed by atoms with E-state index in [1.165, 1.54) is 4.90 Å². The molecule has 0 spiro atoms. The molecule has 0 aromatic rings. The van der Waals surface area contributed by atoms with Gasteiger partial charge in [0.25, 0.3) is 6.43 Å². The molecular weight excluding hydrogens is 246 g/mol. The fourth-order valence-corrected chi connectivity index (χ4v) is 1.76. The number of nitrogens with one attached hydrogen (secondary N) is 1. The molecule has 7 heteroatoms. The first-order chi connectivity index (χ1) is 8.33. The molecule has 0 atom stereocenters. The molecule has 1 aliphatic heterocycles. The van der Waals surface area contributed by atoms with Crippen LogP contribution in [0.3, 0.4) is 0 Å². The molecule has 2 amide bonds. The lowest BCUT2D eigenvalue weighted by atomic mass is 10.0. The van der Waals surface area contributed by atoms with Gasteiger partial charge < -0.3 is 15.0 Å². The number of rotatable bonds is 5. The van der Waals surface area contributed by atoms with Crippen molar-refractivity contribution >= 4 is 11.8 Å². The van der Waals surface area contributed by atoms with E-state index in [9.17, 15) is 18.4 Å². The van der Waals surface area contributed by atoms with E-state index in [0.717, 1.165) is 0 Å². The van der Waals surface area contributed by atoms with Crippen LogP contribution < -0.4 is 5.32 Å². The van der Waals surface area contributed by atoms with Crippen molar-refractivity contribution in [1.29, 1.82) is 0 Å². The summed E-state index contributed by atoms with van der Waals surface area (Å²) in [4.78, 5) is 24.9. The van der Waals surface area contributed by atoms with Gasteiger partial charge in [0.1, 0.15) is 12.1 Å². The standard InChI is InChI=1S/C11H18F2N2O3/c1-11(2)10(17)15(4-3-9(16)14-11)5-6-18-7-8(12)13/h8H,3-7H2,1-2H3,(H,14,16). The molecule has 0 aromatic carbocycles. The van der Waals surface area contributed by atoms with E-state index in [0.29, 0.717) is 0 Å². The van der Waals surface area contributed by atoms with Gasteiger partial charge in [0, 0.05) is 19.5 Å². The third kappa shape index (κ3) is 4.21. The molecule has 1 saturated heterocycles. The number of halogens is 2. The van der Waals surface area contributed by atoms with Crippen LogP contribution in [0.25, 0.3) is 0 Å². The van der Waals surface area contributed by atoms with Crippen LogP contribution in [-0.4, -0.2) is 55.0 Å². The second-order valence-corrected chi connectivity index (χ2v) is 4.68. The zero-order valence-corrected chi connectivity index (χ0v) is 10.5. The van der Waals surface area contributed by atoms with Crippen molar-refractivity contribution in [1.82, 2.24) is 10.2 Å². The molecule has 0 saturated carbocycles. The van der Waals surface area contributed by atoms with E-state index in [2.05, 4.69) is 5.32 Å². The molecular formula is C11H18F2N2O3. The molecule has 18 heavy (non-hydrogen) atoms. The van der Waals surface area contributed by atoms with Gasteiger partial charge >= 0.3 is 0 Å². The monoisotopic (exact) mass is 264 g/mol. The van der Waals surface area contributed by atoms with Crippen LogP contribution in [0.2, 0.25) is 0 Å². The fourth-order valence-electron chi connectivity index (χ4n) is 1.76. The summed E-state index contributed by atoms with van der Waals surface area (Å²) in [5.74, 6) is -0.418. The molecule has 0 bridgehead atoms. The Morgan fingerprint density at radius 3 is 2.72 bits per heavy atom. The topological polar surface area (TPSA) is 58.6 Å². The van der Waals surface area contributed by atoms with E-state index < -0.39 is 18.6 Å². The Hall–Kier alpha value is -1.24. The van der Waals surface area contributed by atoms with E-state index >= 15 is 0 Å². The average molecular weight is 264 g/mol. The lowest BCUT2D eigenvalue weighted by Gasteiger charge is -2.28. The molecule has 1 aliphatic rings. The predicted octanol–water partition coefficient (Wildman–Crippen LogP) is 0.395. The highest BCUT2D eigenvalue weighted by atomic mass is 19.3. The zero-order valence-electron chi connectivity index (χ0n) is 10.5. The molecule has 1 N–H and O–H groups in total. The van der Waals surface area contributed by atoms with Crippen molar-refractivity contribution in [2.24, 2.45) is 0 Å². The van der Waals surface area contributed by atoms with Gasteiger partial charge in [-0.15, -0.1) is 0 Å².